The minimum atomic E-state index is 0.894. The fourth-order valence-electron chi connectivity index (χ4n) is 6.18. The van der Waals surface area contributed by atoms with Gasteiger partial charge in [0.15, 0.2) is 7.28 Å². The summed E-state index contributed by atoms with van der Waals surface area (Å²) in [6.07, 6.45) is 0. The molecule has 1 aliphatic heterocycles. The van der Waals surface area contributed by atoms with Crippen LogP contribution in [0.15, 0.2) is 127 Å². The molecule has 172 valence electrons. The Bertz CT molecular complexity index is 1970. The fraction of sp³-hybridized carbons (Fsp3) is 0. The lowest BCUT2D eigenvalue weighted by Crippen LogP contribution is -2.41. The third kappa shape index (κ3) is 3.01. The number of nitrogens with one attached hydrogen (secondary N) is 1. The Kier molecular flexibility index (Phi) is 4.35. The lowest BCUT2D eigenvalue weighted by Gasteiger charge is -2.35. The highest BCUT2D eigenvalue weighted by Gasteiger charge is 2.29. The van der Waals surface area contributed by atoms with Crippen LogP contribution in [0.2, 0.25) is 0 Å². The maximum Gasteiger partial charge on any atom is 0.198 e. The third-order valence-electron chi connectivity index (χ3n) is 7.80. The van der Waals surface area contributed by atoms with E-state index in [4.69, 9.17) is 0 Å². The van der Waals surface area contributed by atoms with E-state index in [0.717, 1.165) is 7.28 Å². The molecule has 0 spiro atoms. The first-order chi connectivity index (χ1) is 18.4. The molecule has 7 aromatic rings. The number of para-hydroxylation sites is 4. The molecule has 0 saturated carbocycles. The van der Waals surface area contributed by atoms with Gasteiger partial charge in [0.05, 0.1) is 5.52 Å². The number of nitrogens with zero attached hydrogens (tertiary/aromatic N) is 1. The van der Waals surface area contributed by atoms with E-state index in [2.05, 4.69) is 137 Å². The molecule has 0 radical (unpaired) electrons. The number of hydrogen-bond donors (Lipinski definition) is 1. The van der Waals surface area contributed by atoms with Crippen molar-refractivity contribution in [2.75, 3.05) is 4.90 Å². The van der Waals surface area contributed by atoms with Gasteiger partial charge in [0.25, 0.3) is 0 Å². The van der Waals surface area contributed by atoms with Crippen LogP contribution in [-0.4, -0.2) is 12.3 Å². The summed E-state index contributed by atoms with van der Waals surface area (Å²) in [6.45, 7) is 0. The first-order valence-corrected chi connectivity index (χ1v) is 12.8. The predicted molar refractivity (Wildman–Crippen MR) is 160 cm³/mol. The highest BCUT2D eigenvalue weighted by molar-refractivity contribution is 6.74. The van der Waals surface area contributed by atoms with Crippen LogP contribution in [-0.2, 0) is 0 Å². The molecule has 0 bridgehead atoms. The summed E-state index contributed by atoms with van der Waals surface area (Å²) in [5.41, 5.74) is 11.4. The van der Waals surface area contributed by atoms with Crippen LogP contribution >= 0.6 is 0 Å². The number of fused-ring (bicyclic) bond motifs is 7. The first kappa shape index (κ1) is 20.4. The molecule has 0 atom stereocenters. The number of hydrogen-bond acceptors (Lipinski definition) is 1. The summed E-state index contributed by atoms with van der Waals surface area (Å²) in [5, 5.41) is 5.07. The predicted octanol–water partition coefficient (Wildman–Crippen LogP) is 7.31. The number of H-pyrrole nitrogens is 1. The van der Waals surface area contributed by atoms with E-state index < -0.39 is 0 Å². The van der Waals surface area contributed by atoms with Gasteiger partial charge < -0.3 is 9.88 Å². The third-order valence-corrected chi connectivity index (χ3v) is 7.80. The second-order valence-corrected chi connectivity index (χ2v) is 9.85. The summed E-state index contributed by atoms with van der Waals surface area (Å²) in [4.78, 5) is 6.21. The average molecular weight is 470 g/mol. The number of rotatable bonds is 2. The van der Waals surface area contributed by atoms with Crippen molar-refractivity contribution < 1.29 is 0 Å². The van der Waals surface area contributed by atoms with Crippen LogP contribution in [0.4, 0.5) is 17.1 Å². The Morgan fingerprint density at radius 3 is 2.22 bits per heavy atom. The highest BCUT2D eigenvalue weighted by Crippen LogP contribution is 2.42. The fourth-order valence-corrected chi connectivity index (χ4v) is 6.18. The van der Waals surface area contributed by atoms with Crippen molar-refractivity contribution in [3.8, 4) is 11.1 Å². The van der Waals surface area contributed by atoms with Gasteiger partial charge in [-0.15, -0.1) is 0 Å². The van der Waals surface area contributed by atoms with Crippen molar-refractivity contribution in [2.24, 2.45) is 0 Å². The van der Waals surface area contributed by atoms with E-state index in [1.807, 2.05) is 0 Å². The first-order valence-electron chi connectivity index (χ1n) is 12.8. The molecule has 1 aliphatic rings. The van der Waals surface area contributed by atoms with Gasteiger partial charge in [0.1, 0.15) is 0 Å². The molecule has 2 heterocycles. The highest BCUT2D eigenvalue weighted by atomic mass is 15.2. The van der Waals surface area contributed by atoms with Crippen LogP contribution in [0.3, 0.4) is 0 Å². The molecule has 3 heteroatoms. The second-order valence-electron chi connectivity index (χ2n) is 9.85. The van der Waals surface area contributed by atoms with E-state index >= 15 is 0 Å². The molecule has 0 aliphatic carbocycles. The Morgan fingerprint density at radius 2 is 1.30 bits per heavy atom. The van der Waals surface area contributed by atoms with Gasteiger partial charge in [-0.2, -0.15) is 0 Å². The normalized spacial score (nSPS) is 12.5. The molecule has 2 nitrogen and oxygen atoms in total. The van der Waals surface area contributed by atoms with Gasteiger partial charge in [0.2, 0.25) is 0 Å². The molecule has 37 heavy (non-hydrogen) atoms. The van der Waals surface area contributed by atoms with Crippen molar-refractivity contribution in [3.05, 3.63) is 127 Å². The number of aromatic amines is 1. The quantitative estimate of drug-likeness (QED) is 0.263. The van der Waals surface area contributed by atoms with Crippen molar-refractivity contribution in [3.63, 3.8) is 0 Å². The minimum absolute atomic E-state index is 0.894. The molecule has 1 aromatic heterocycles. The number of benzene rings is 6. The Hall–Kier alpha value is -4.76. The van der Waals surface area contributed by atoms with Crippen molar-refractivity contribution in [1.82, 2.24) is 4.98 Å². The standard InChI is InChI=1S/C34H23BN2/c1-2-12-23(13-3-1)37-31-20-9-7-18-29(31)35-32-28(21-22-11-4-5-14-24(22)34(32)37)27-17-10-16-26-25-15-6-8-19-30(25)36-33(26)27/h1-21,35-36H. The van der Waals surface area contributed by atoms with E-state index in [1.165, 1.54) is 71.7 Å². The number of aromatic nitrogens is 1. The van der Waals surface area contributed by atoms with E-state index in [-0.39, 0.29) is 0 Å². The summed E-state index contributed by atoms with van der Waals surface area (Å²) in [5.74, 6) is 0. The van der Waals surface area contributed by atoms with Crippen LogP contribution in [0, 0.1) is 0 Å². The SMILES string of the molecule is B1c2ccccc2N(c2ccccc2)c2c1c(-c1cccc3c1[nH]c1ccccc13)cc1ccccc21. The smallest absolute Gasteiger partial charge is 0.198 e. The van der Waals surface area contributed by atoms with Crippen molar-refractivity contribution >= 4 is 67.8 Å². The monoisotopic (exact) mass is 470 g/mol. The summed E-state index contributed by atoms with van der Waals surface area (Å²) < 4.78 is 0. The maximum atomic E-state index is 3.75. The zero-order valence-corrected chi connectivity index (χ0v) is 20.3. The lowest BCUT2D eigenvalue weighted by atomic mass is 9.57. The molecule has 0 saturated heterocycles. The Morgan fingerprint density at radius 1 is 0.568 bits per heavy atom. The van der Waals surface area contributed by atoms with E-state index in [9.17, 15) is 0 Å². The molecular weight excluding hydrogens is 447 g/mol. The average Bonchev–Trinajstić information content (AvgIpc) is 3.35. The zero-order valence-electron chi connectivity index (χ0n) is 20.3. The number of anilines is 3. The molecule has 1 N–H and O–H groups in total. The van der Waals surface area contributed by atoms with Gasteiger partial charge in [-0.3, -0.25) is 0 Å². The topological polar surface area (TPSA) is 19.0 Å². The van der Waals surface area contributed by atoms with Gasteiger partial charge in [-0.25, -0.2) is 0 Å². The zero-order chi connectivity index (χ0) is 24.3. The summed E-state index contributed by atoms with van der Waals surface area (Å²) >= 11 is 0. The second kappa shape index (κ2) is 7.87. The molecular formula is C34H23BN2. The van der Waals surface area contributed by atoms with Crippen LogP contribution in [0.25, 0.3) is 43.7 Å². The summed E-state index contributed by atoms with van der Waals surface area (Å²) in [6, 6.07) is 46.1. The lowest BCUT2D eigenvalue weighted by molar-refractivity contribution is 1.31. The minimum Gasteiger partial charge on any atom is -0.354 e. The van der Waals surface area contributed by atoms with Crippen molar-refractivity contribution in [1.29, 1.82) is 0 Å². The molecule has 6 aromatic carbocycles. The van der Waals surface area contributed by atoms with Crippen LogP contribution in [0.5, 0.6) is 0 Å². The summed E-state index contributed by atoms with van der Waals surface area (Å²) in [7, 11) is 0.894. The Balaban J connectivity index is 1.51. The van der Waals surface area contributed by atoms with Gasteiger partial charge >= 0.3 is 0 Å². The van der Waals surface area contributed by atoms with E-state index in [0.29, 0.717) is 0 Å². The van der Waals surface area contributed by atoms with E-state index in [1.54, 1.807) is 0 Å². The molecule has 8 rings (SSSR count). The Labute approximate surface area is 216 Å². The van der Waals surface area contributed by atoms with Gasteiger partial charge in [-0.05, 0) is 46.7 Å². The largest absolute Gasteiger partial charge is 0.354 e. The van der Waals surface area contributed by atoms with Crippen molar-refractivity contribution in [2.45, 2.75) is 0 Å². The van der Waals surface area contributed by atoms with Gasteiger partial charge in [-0.1, -0.05) is 103 Å². The molecule has 0 fully saturated rings. The van der Waals surface area contributed by atoms with Gasteiger partial charge in [0, 0.05) is 44.3 Å². The van der Waals surface area contributed by atoms with Crippen LogP contribution < -0.4 is 15.8 Å². The maximum absolute atomic E-state index is 3.75. The van der Waals surface area contributed by atoms with Crippen LogP contribution in [0.1, 0.15) is 0 Å². The molecule has 0 unspecified atom stereocenters. The molecule has 0 amide bonds.